The standard InChI is InChI=1S/C25H18F3NO3S/c26-25(27,28)32-22-7-2-1-4-20(22)17-5-3-6-19-18(17)12-13-21(19)31-16-10-8-15(9-11-16)23-14-24(30)29-33-23/h1-11,14,21H,12-13H2,(H,29,30)/t21-/m1/s1. The third-order valence-corrected chi connectivity index (χ3v) is 6.44. The van der Waals surface area contributed by atoms with Crippen molar-refractivity contribution in [2.75, 3.05) is 0 Å². The summed E-state index contributed by atoms with van der Waals surface area (Å²) in [6.45, 7) is 0. The van der Waals surface area contributed by atoms with Crippen LogP contribution in [0.1, 0.15) is 23.7 Å². The number of aromatic amines is 1. The summed E-state index contributed by atoms with van der Waals surface area (Å²) in [5, 5.41) is 0. The SMILES string of the molecule is O=c1cc(-c2ccc(O[C@@H]3CCc4c(-c5ccccc5OC(F)(F)F)cccc43)cc2)s[nH]1. The van der Waals surface area contributed by atoms with Crippen LogP contribution in [-0.2, 0) is 6.42 Å². The van der Waals surface area contributed by atoms with E-state index in [4.69, 9.17) is 4.74 Å². The highest BCUT2D eigenvalue weighted by Gasteiger charge is 2.33. The fourth-order valence-corrected chi connectivity index (χ4v) is 4.87. The van der Waals surface area contributed by atoms with E-state index in [0.29, 0.717) is 17.7 Å². The number of benzene rings is 3. The van der Waals surface area contributed by atoms with Crippen molar-refractivity contribution in [1.82, 2.24) is 4.37 Å². The summed E-state index contributed by atoms with van der Waals surface area (Å²) in [4.78, 5) is 12.2. The monoisotopic (exact) mass is 469 g/mol. The predicted octanol–water partition coefficient (Wildman–Crippen LogP) is 6.74. The van der Waals surface area contributed by atoms with Crippen LogP contribution in [0.5, 0.6) is 11.5 Å². The molecule has 1 aliphatic carbocycles. The van der Waals surface area contributed by atoms with Crippen LogP contribution in [0.25, 0.3) is 21.6 Å². The summed E-state index contributed by atoms with van der Waals surface area (Å²) in [6.07, 6.45) is -3.56. The minimum atomic E-state index is -4.76. The highest BCUT2D eigenvalue weighted by molar-refractivity contribution is 7.09. The number of H-pyrrole nitrogens is 1. The van der Waals surface area contributed by atoms with Crippen molar-refractivity contribution >= 4 is 11.5 Å². The lowest BCUT2D eigenvalue weighted by Gasteiger charge is -2.17. The molecule has 5 rings (SSSR count). The molecular formula is C25H18F3NO3S. The largest absolute Gasteiger partial charge is 0.573 e. The maximum Gasteiger partial charge on any atom is 0.573 e. The fraction of sp³-hybridized carbons (Fsp3) is 0.160. The van der Waals surface area contributed by atoms with Crippen LogP contribution in [-0.4, -0.2) is 10.7 Å². The van der Waals surface area contributed by atoms with Gasteiger partial charge in [-0.2, -0.15) is 0 Å². The highest BCUT2D eigenvalue weighted by Crippen LogP contribution is 2.43. The Labute approximate surface area is 191 Å². The summed E-state index contributed by atoms with van der Waals surface area (Å²) < 4.78 is 51.8. The van der Waals surface area contributed by atoms with Gasteiger partial charge in [0.2, 0.25) is 0 Å². The number of rotatable bonds is 5. The number of para-hydroxylation sites is 1. The first kappa shape index (κ1) is 21.3. The first-order valence-corrected chi connectivity index (χ1v) is 11.1. The molecule has 0 saturated heterocycles. The Balaban J connectivity index is 1.41. The summed E-state index contributed by atoms with van der Waals surface area (Å²) >= 11 is 1.28. The molecule has 1 aromatic heterocycles. The number of ether oxygens (including phenoxy) is 2. The summed E-state index contributed by atoms with van der Waals surface area (Å²) in [5.41, 5.74) is 3.84. The zero-order valence-electron chi connectivity index (χ0n) is 17.2. The second-order valence-electron chi connectivity index (χ2n) is 7.66. The topological polar surface area (TPSA) is 51.3 Å². The average Bonchev–Trinajstić information content (AvgIpc) is 3.40. The average molecular weight is 469 g/mol. The van der Waals surface area contributed by atoms with E-state index >= 15 is 0 Å². The zero-order chi connectivity index (χ0) is 23.0. The van der Waals surface area contributed by atoms with Crippen LogP contribution in [0.3, 0.4) is 0 Å². The molecule has 0 radical (unpaired) electrons. The predicted molar refractivity (Wildman–Crippen MR) is 121 cm³/mol. The molecule has 0 spiro atoms. The van der Waals surface area contributed by atoms with Gasteiger partial charge >= 0.3 is 6.36 Å². The Morgan fingerprint density at radius 2 is 1.70 bits per heavy atom. The Bertz CT molecular complexity index is 1340. The van der Waals surface area contributed by atoms with E-state index in [0.717, 1.165) is 33.6 Å². The van der Waals surface area contributed by atoms with Crippen molar-refractivity contribution in [1.29, 1.82) is 0 Å². The van der Waals surface area contributed by atoms with Crippen LogP contribution < -0.4 is 15.0 Å². The van der Waals surface area contributed by atoms with E-state index in [1.807, 2.05) is 42.5 Å². The van der Waals surface area contributed by atoms with E-state index in [2.05, 4.69) is 9.11 Å². The molecule has 0 aliphatic heterocycles. The molecule has 4 aromatic rings. The van der Waals surface area contributed by atoms with Gasteiger partial charge in [-0.1, -0.05) is 47.9 Å². The van der Waals surface area contributed by atoms with Gasteiger partial charge in [-0.25, -0.2) is 0 Å². The second kappa shape index (κ2) is 8.44. The lowest BCUT2D eigenvalue weighted by atomic mass is 9.96. The molecule has 0 saturated carbocycles. The summed E-state index contributed by atoms with van der Waals surface area (Å²) in [5.74, 6) is 0.469. The Morgan fingerprint density at radius 1 is 0.939 bits per heavy atom. The van der Waals surface area contributed by atoms with Gasteiger partial charge in [-0.15, -0.1) is 13.2 Å². The third-order valence-electron chi connectivity index (χ3n) is 5.56. The second-order valence-corrected chi connectivity index (χ2v) is 8.51. The van der Waals surface area contributed by atoms with E-state index in [1.54, 1.807) is 18.2 Å². The Kier molecular flexibility index (Phi) is 5.46. The molecule has 0 unspecified atom stereocenters. The van der Waals surface area contributed by atoms with Crippen LogP contribution >= 0.6 is 11.5 Å². The van der Waals surface area contributed by atoms with E-state index < -0.39 is 6.36 Å². The molecule has 0 bridgehead atoms. The molecule has 0 amide bonds. The first-order chi connectivity index (χ1) is 15.9. The van der Waals surface area contributed by atoms with Gasteiger partial charge in [-0.05, 0) is 65.4 Å². The van der Waals surface area contributed by atoms with Gasteiger partial charge in [0.25, 0.3) is 5.56 Å². The van der Waals surface area contributed by atoms with Crippen molar-refractivity contribution in [3.63, 3.8) is 0 Å². The molecule has 33 heavy (non-hydrogen) atoms. The Morgan fingerprint density at radius 3 is 2.42 bits per heavy atom. The molecule has 8 heteroatoms. The van der Waals surface area contributed by atoms with Gasteiger partial charge in [-0.3, -0.25) is 9.17 Å². The molecule has 0 fully saturated rings. The van der Waals surface area contributed by atoms with E-state index in [-0.39, 0.29) is 17.4 Å². The van der Waals surface area contributed by atoms with Crippen molar-refractivity contribution in [3.8, 4) is 33.1 Å². The van der Waals surface area contributed by atoms with Crippen LogP contribution in [0, 0.1) is 0 Å². The number of nitrogens with one attached hydrogen (secondary N) is 1. The van der Waals surface area contributed by atoms with Crippen LogP contribution in [0.4, 0.5) is 13.2 Å². The summed E-state index contributed by atoms with van der Waals surface area (Å²) in [6, 6.07) is 20.8. The minimum absolute atomic E-state index is 0.129. The molecule has 168 valence electrons. The molecule has 1 aliphatic rings. The number of hydrogen-bond donors (Lipinski definition) is 1. The zero-order valence-corrected chi connectivity index (χ0v) is 18.0. The van der Waals surface area contributed by atoms with Crippen LogP contribution in [0.15, 0.2) is 77.6 Å². The van der Waals surface area contributed by atoms with Crippen molar-refractivity contribution in [2.24, 2.45) is 0 Å². The van der Waals surface area contributed by atoms with Crippen molar-refractivity contribution in [3.05, 3.63) is 94.3 Å². The van der Waals surface area contributed by atoms with Gasteiger partial charge in [0.1, 0.15) is 17.6 Å². The lowest BCUT2D eigenvalue weighted by Crippen LogP contribution is -2.17. The van der Waals surface area contributed by atoms with Gasteiger partial charge in [0.05, 0.1) is 4.88 Å². The third kappa shape index (κ3) is 4.52. The Hall–Kier alpha value is -3.52. The molecule has 1 N–H and O–H groups in total. The molecule has 4 nitrogen and oxygen atoms in total. The van der Waals surface area contributed by atoms with Crippen molar-refractivity contribution < 1.29 is 22.6 Å². The van der Waals surface area contributed by atoms with Gasteiger partial charge in [0.15, 0.2) is 0 Å². The normalized spacial score (nSPS) is 15.3. The van der Waals surface area contributed by atoms with Crippen molar-refractivity contribution in [2.45, 2.75) is 25.3 Å². The fourth-order valence-electron chi connectivity index (χ4n) is 4.18. The van der Waals surface area contributed by atoms with Crippen LogP contribution in [0.2, 0.25) is 0 Å². The van der Waals surface area contributed by atoms with E-state index in [1.165, 1.54) is 23.7 Å². The maximum atomic E-state index is 12.9. The van der Waals surface area contributed by atoms with E-state index in [9.17, 15) is 18.0 Å². The molecule has 1 heterocycles. The maximum absolute atomic E-state index is 12.9. The highest BCUT2D eigenvalue weighted by atomic mass is 32.1. The van der Waals surface area contributed by atoms with Gasteiger partial charge < -0.3 is 9.47 Å². The minimum Gasteiger partial charge on any atom is -0.486 e. The van der Waals surface area contributed by atoms with Gasteiger partial charge in [0, 0.05) is 11.6 Å². The number of hydrogen-bond acceptors (Lipinski definition) is 4. The smallest absolute Gasteiger partial charge is 0.486 e. The summed E-state index contributed by atoms with van der Waals surface area (Å²) in [7, 11) is 0. The number of alkyl halides is 3. The molecule has 3 aromatic carbocycles. The number of halogens is 3. The number of fused-ring (bicyclic) bond motifs is 1. The molecule has 1 atom stereocenters. The quantitative estimate of drug-likeness (QED) is 0.352. The molecular weight excluding hydrogens is 451 g/mol. The lowest BCUT2D eigenvalue weighted by molar-refractivity contribution is -0.274. The first-order valence-electron chi connectivity index (χ1n) is 10.3. The number of aromatic nitrogens is 1.